The minimum Gasteiger partial charge on any atom is -0.0973 e. The van der Waals surface area contributed by atoms with Gasteiger partial charge in [-0.05, 0) is 12.7 Å². The molecule has 0 N–H and O–H groups in total. The van der Waals surface area contributed by atoms with Gasteiger partial charge in [-0.2, -0.15) is 0 Å². The summed E-state index contributed by atoms with van der Waals surface area (Å²) in [6.07, 6.45) is 9.16. The van der Waals surface area contributed by atoms with Crippen LogP contribution in [0.2, 0.25) is 0 Å². The second-order valence-corrected chi connectivity index (χ2v) is 5.83. The fraction of sp³-hybridized carbons (Fsp3) is 1.00. The summed E-state index contributed by atoms with van der Waals surface area (Å²) in [5.41, 5.74) is 0. The maximum atomic E-state index is 2.33. The van der Waals surface area contributed by atoms with Crippen LogP contribution in [0, 0.1) is 0 Å². The molecule has 0 spiro atoms. The first kappa shape index (κ1) is 11.7. The molecule has 2 heteroatoms. The van der Waals surface area contributed by atoms with Gasteiger partial charge in [-0.3, -0.25) is 0 Å². The van der Waals surface area contributed by atoms with Crippen LogP contribution in [0.1, 0.15) is 46.0 Å². The molecular weight excluding hydrogens is 172 g/mol. The third-order valence-corrected chi connectivity index (χ3v) is 4.04. The molecule has 11 heavy (non-hydrogen) atoms. The molecule has 1 unspecified atom stereocenters. The fourth-order valence-corrected chi connectivity index (χ4v) is 2.94. The van der Waals surface area contributed by atoms with E-state index in [2.05, 4.69) is 20.1 Å². The van der Waals surface area contributed by atoms with Crippen molar-refractivity contribution in [1.29, 1.82) is 0 Å². The Hall–Kier alpha value is 0.700. The normalized spacial score (nSPS) is 13.4. The Labute approximate surface area is 79.3 Å². The predicted molar refractivity (Wildman–Crippen MR) is 59.3 cm³/mol. The van der Waals surface area contributed by atoms with Crippen molar-refractivity contribution in [3.8, 4) is 0 Å². The van der Waals surface area contributed by atoms with Gasteiger partial charge in [0, 0.05) is 5.25 Å². The van der Waals surface area contributed by atoms with Crippen molar-refractivity contribution in [3.63, 3.8) is 0 Å². The highest BCUT2D eigenvalue weighted by molar-refractivity contribution is 8.76. The minimum atomic E-state index is 0.849. The average molecular weight is 192 g/mol. The number of unbranched alkanes of at least 4 members (excludes halogenated alkanes) is 3. The van der Waals surface area contributed by atoms with E-state index in [9.17, 15) is 0 Å². The van der Waals surface area contributed by atoms with Gasteiger partial charge in [-0.25, -0.2) is 0 Å². The monoisotopic (exact) mass is 192 g/mol. The predicted octanol–water partition coefficient (Wildman–Crippen LogP) is 4.36. The zero-order valence-electron chi connectivity index (χ0n) is 7.93. The molecular formula is C9H20S2. The lowest BCUT2D eigenvalue weighted by molar-refractivity contribution is 0.631. The molecule has 0 amide bonds. The molecule has 0 fully saturated rings. The molecule has 0 aromatic rings. The van der Waals surface area contributed by atoms with Gasteiger partial charge in [0.15, 0.2) is 0 Å². The van der Waals surface area contributed by atoms with Crippen LogP contribution in [0.3, 0.4) is 0 Å². The number of hydrogen-bond donors (Lipinski definition) is 0. The molecule has 0 aliphatic heterocycles. The molecule has 0 radical (unpaired) electrons. The van der Waals surface area contributed by atoms with E-state index in [0.29, 0.717) is 0 Å². The molecule has 0 aromatic heterocycles. The third kappa shape index (κ3) is 8.61. The highest BCUT2D eigenvalue weighted by Crippen LogP contribution is 2.26. The summed E-state index contributed by atoms with van der Waals surface area (Å²) in [6.45, 7) is 4.59. The van der Waals surface area contributed by atoms with Crippen molar-refractivity contribution >= 4 is 21.6 Å². The van der Waals surface area contributed by atoms with E-state index in [4.69, 9.17) is 0 Å². The summed E-state index contributed by atoms with van der Waals surface area (Å²) in [4.78, 5) is 0. The third-order valence-electron chi connectivity index (χ3n) is 1.72. The van der Waals surface area contributed by atoms with Gasteiger partial charge in [0.2, 0.25) is 0 Å². The van der Waals surface area contributed by atoms with Crippen molar-refractivity contribution in [2.24, 2.45) is 0 Å². The first-order valence-corrected chi connectivity index (χ1v) is 7.12. The Bertz CT molecular complexity index is 74.0. The zero-order chi connectivity index (χ0) is 8.53. The maximum Gasteiger partial charge on any atom is 0.0123 e. The Morgan fingerprint density at radius 2 is 1.91 bits per heavy atom. The number of rotatable bonds is 7. The van der Waals surface area contributed by atoms with Gasteiger partial charge >= 0.3 is 0 Å². The first-order chi connectivity index (χ1) is 5.31. The Morgan fingerprint density at radius 1 is 1.18 bits per heavy atom. The lowest BCUT2D eigenvalue weighted by Crippen LogP contribution is -1.92. The molecule has 0 rings (SSSR count). The van der Waals surface area contributed by atoms with Crippen LogP contribution in [-0.4, -0.2) is 11.5 Å². The maximum absolute atomic E-state index is 2.33. The van der Waals surface area contributed by atoms with E-state index in [-0.39, 0.29) is 0 Å². The van der Waals surface area contributed by atoms with Gasteiger partial charge in [0.05, 0.1) is 0 Å². The Morgan fingerprint density at radius 3 is 2.45 bits per heavy atom. The molecule has 0 saturated carbocycles. The Balaban J connectivity index is 2.97. The molecule has 0 nitrogen and oxygen atoms in total. The lowest BCUT2D eigenvalue weighted by atomic mass is 10.1. The summed E-state index contributed by atoms with van der Waals surface area (Å²) in [7, 11) is 3.90. The Kier molecular flexibility index (Phi) is 9.35. The van der Waals surface area contributed by atoms with Gasteiger partial charge in [-0.1, -0.05) is 61.1 Å². The molecule has 1 atom stereocenters. The van der Waals surface area contributed by atoms with Crippen LogP contribution in [-0.2, 0) is 0 Å². The highest BCUT2D eigenvalue weighted by Gasteiger charge is 1.99. The topological polar surface area (TPSA) is 0 Å². The van der Waals surface area contributed by atoms with Crippen LogP contribution < -0.4 is 0 Å². The van der Waals surface area contributed by atoms with E-state index in [1.807, 2.05) is 21.6 Å². The van der Waals surface area contributed by atoms with Crippen LogP contribution in [0.15, 0.2) is 0 Å². The molecule has 0 aliphatic carbocycles. The van der Waals surface area contributed by atoms with Gasteiger partial charge in [-0.15, -0.1) is 0 Å². The average Bonchev–Trinajstić information content (AvgIpc) is 1.99. The first-order valence-electron chi connectivity index (χ1n) is 4.50. The van der Waals surface area contributed by atoms with E-state index in [1.165, 1.54) is 32.1 Å². The van der Waals surface area contributed by atoms with Crippen LogP contribution in [0.25, 0.3) is 0 Å². The highest BCUT2D eigenvalue weighted by atomic mass is 33.1. The standard InChI is InChI=1S/C9H20S2/c1-4-5-6-7-8-9(2)11-10-3/h9H,4-8H2,1-3H3. The zero-order valence-corrected chi connectivity index (χ0v) is 9.56. The van der Waals surface area contributed by atoms with Crippen molar-refractivity contribution in [3.05, 3.63) is 0 Å². The minimum absolute atomic E-state index is 0.849. The molecule has 0 aromatic carbocycles. The molecule has 0 aliphatic rings. The quantitative estimate of drug-likeness (QED) is 0.434. The molecule has 0 saturated heterocycles. The van der Waals surface area contributed by atoms with Crippen LogP contribution in [0.4, 0.5) is 0 Å². The van der Waals surface area contributed by atoms with E-state index >= 15 is 0 Å². The van der Waals surface area contributed by atoms with Gasteiger partial charge in [0.1, 0.15) is 0 Å². The summed E-state index contributed by atoms with van der Waals surface area (Å²) in [6, 6.07) is 0. The largest absolute Gasteiger partial charge is 0.0973 e. The van der Waals surface area contributed by atoms with Crippen LogP contribution in [0.5, 0.6) is 0 Å². The van der Waals surface area contributed by atoms with Gasteiger partial charge < -0.3 is 0 Å². The van der Waals surface area contributed by atoms with E-state index in [1.54, 1.807) is 0 Å². The van der Waals surface area contributed by atoms with E-state index < -0.39 is 0 Å². The van der Waals surface area contributed by atoms with Crippen molar-refractivity contribution < 1.29 is 0 Å². The summed E-state index contributed by atoms with van der Waals surface area (Å²) < 4.78 is 0. The number of hydrogen-bond acceptors (Lipinski definition) is 2. The lowest BCUT2D eigenvalue weighted by Gasteiger charge is -2.07. The van der Waals surface area contributed by atoms with Crippen LogP contribution >= 0.6 is 21.6 Å². The van der Waals surface area contributed by atoms with Crippen molar-refractivity contribution in [2.75, 3.05) is 6.26 Å². The summed E-state index contributed by atoms with van der Waals surface area (Å²) in [5, 5.41) is 0.849. The van der Waals surface area contributed by atoms with Gasteiger partial charge in [0.25, 0.3) is 0 Å². The summed E-state index contributed by atoms with van der Waals surface area (Å²) in [5.74, 6) is 0. The van der Waals surface area contributed by atoms with Crippen molar-refractivity contribution in [2.45, 2.75) is 51.2 Å². The second-order valence-electron chi connectivity index (χ2n) is 2.92. The smallest absolute Gasteiger partial charge is 0.0123 e. The fourth-order valence-electron chi connectivity index (χ4n) is 1.07. The molecule has 0 heterocycles. The summed E-state index contributed by atoms with van der Waals surface area (Å²) >= 11 is 0. The molecule has 68 valence electrons. The van der Waals surface area contributed by atoms with E-state index in [0.717, 1.165) is 5.25 Å². The second kappa shape index (κ2) is 8.79. The SMILES string of the molecule is CCCCCCC(C)SSC. The van der Waals surface area contributed by atoms with Crippen molar-refractivity contribution in [1.82, 2.24) is 0 Å². The molecule has 0 bridgehead atoms.